The highest BCUT2D eigenvalue weighted by molar-refractivity contribution is 9.09. The summed E-state index contributed by atoms with van der Waals surface area (Å²) in [6.45, 7) is 0. The molecule has 1 rings (SSSR count). The molecule has 0 bridgehead atoms. The molecule has 0 heterocycles. The average molecular weight is 193 g/mol. The number of halogens is 1. The first kappa shape index (κ1) is 6.69. The minimum atomic E-state index is 0.707. The van der Waals surface area contributed by atoms with Gasteiger partial charge in [0.05, 0.1) is 0 Å². The summed E-state index contributed by atoms with van der Waals surface area (Å²) in [4.78, 5) is 1.96. The highest BCUT2D eigenvalue weighted by atomic mass is 79.9. The first-order valence-corrected chi connectivity index (χ1v) is 4.17. The van der Waals surface area contributed by atoms with E-state index in [0.717, 1.165) is 12.8 Å². The van der Waals surface area contributed by atoms with Gasteiger partial charge >= 0.3 is 0 Å². The van der Waals surface area contributed by atoms with Crippen molar-refractivity contribution in [3.8, 4) is 0 Å². The molecule has 0 spiro atoms. The van der Waals surface area contributed by atoms with Gasteiger partial charge in [0.25, 0.3) is 0 Å². The molecule has 0 aromatic heterocycles. The Morgan fingerprint density at radius 3 is 2.88 bits per heavy atom. The van der Waals surface area contributed by atoms with Crippen LogP contribution < -0.4 is 0 Å². The third-order valence-corrected chi connectivity index (χ3v) is 2.56. The lowest BCUT2D eigenvalue weighted by Crippen LogP contribution is -2.00. The van der Waals surface area contributed by atoms with Crippen molar-refractivity contribution in [2.24, 2.45) is 0 Å². The van der Waals surface area contributed by atoms with Crippen LogP contribution in [-0.4, -0.2) is 4.83 Å². The van der Waals surface area contributed by atoms with Crippen LogP contribution in [-0.2, 0) is 0 Å². The maximum atomic E-state index is 4.24. The second kappa shape index (κ2) is 2.92. The summed E-state index contributed by atoms with van der Waals surface area (Å²) in [6.07, 6.45) is 5.74. The SMILES string of the molecule is SC1=CCC(Br)CC1. The molecule has 1 aliphatic carbocycles. The lowest BCUT2D eigenvalue weighted by Gasteiger charge is -2.12. The zero-order chi connectivity index (χ0) is 5.98. The Kier molecular flexibility index (Phi) is 2.44. The van der Waals surface area contributed by atoms with E-state index in [0.29, 0.717) is 4.83 Å². The Morgan fingerprint density at radius 2 is 2.50 bits per heavy atom. The van der Waals surface area contributed by atoms with Crippen molar-refractivity contribution in [3.05, 3.63) is 11.0 Å². The van der Waals surface area contributed by atoms with Crippen LogP contribution in [0.5, 0.6) is 0 Å². The molecule has 46 valence electrons. The van der Waals surface area contributed by atoms with Crippen LogP contribution >= 0.6 is 28.6 Å². The van der Waals surface area contributed by atoms with Crippen LogP contribution in [0.25, 0.3) is 0 Å². The summed E-state index contributed by atoms with van der Waals surface area (Å²) < 4.78 is 0. The Bertz CT molecular complexity index is 109. The summed E-state index contributed by atoms with van der Waals surface area (Å²) in [7, 11) is 0. The van der Waals surface area contributed by atoms with E-state index in [4.69, 9.17) is 0 Å². The van der Waals surface area contributed by atoms with Gasteiger partial charge in [0, 0.05) is 4.83 Å². The second-order valence-corrected chi connectivity index (χ2v) is 3.94. The summed E-state index contributed by atoms with van der Waals surface area (Å²) in [5, 5.41) is 0. The first-order valence-electron chi connectivity index (χ1n) is 2.81. The summed E-state index contributed by atoms with van der Waals surface area (Å²) in [5.74, 6) is 0. The Balaban J connectivity index is 2.42. The number of hydrogen-bond acceptors (Lipinski definition) is 1. The van der Waals surface area contributed by atoms with Crippen LogP contribution in [0.4, 0.5) is 0 Å². The molecule has 0 saturated carbocycles. The summed E-state index contributed by atoms with van der Waals surface area (Å²) in [6, 6.07) is 0. The minimum Gasteiger partial charge on any atom is -0.148 e. The number of allylic oxidation sites excluding steroid dienone is 2. The predicted octanol–water partition coefficient (Wildman–Crippen LogP) is 2.75. The van der Waals surface area contributed by atoms with Crippen LogP contribution in [0, 0.1) is 0 Å². The van der Waals surface area contributed by atoms with E-state index in [9.17, 15) is 0 Å². The summed E-state index contributed by atoms with van der Waals surface area (Å²) >= 11 is 7.78. The molecule has 0 radical (unpaired) electrons. The van der Waals surface area contributed by atoms with Crippen LogP contribution in [0.15, 0.2) is 11.0 Å². The number of rotatable bonds is 0. The smallest absolute Gasteiger partial charge is 0.0184 e. The predicted molar refractivity (Wildman–Crippen MR) is 43.6 cm³/mol. The molecular weight excluding hydrogens is 184 g/mol. The fraction of sp³-hybridized carbons (Fsp3) is 0.667. The van der Waals surface area contributed by atoms with E-state index in [1.165, 1.54) is 11.3 Å². The van der Waals surface area contributed by atoms with Gasteiger partial charge < -0.3 is 0 Å². The van der Waals surface area contributed by atoms with Crippen molar-refractivity contribution < 1.29 is 0 Å². The minimum absolute atomic E-state index is 0.707. The maximum absolute atomic E-state index is 4.24. The van der Waals surface area contributed by atoms with Gasteiger partial charge in [-0.3, -0.25) is 0 Å². The van der Waals surface area contributed by atoms with Gasteiger partial charge in [-0.05, 0) is 24.2 Å². The molecule has 0 amide bonds. The fourth-order valence-electron chi connectivity index (χ4n) is 0.788. The Hall–Kier alpha value is 0.570. The molecule has 0 aromatic carbocycles. The Labute approximate surface area is 63.9 Å². The van der Waals surface area contributed by atoms with Gasteiger partial charge in [0.1, 0.15) is 0 Å². The maximum Gasteiger partial charge on any atom is 0.0184 e. The van der Waals surface area contributed by atoms with Gasteiger partial charge in [0.2, 0.25) is 0 Å². The van der Waals surface area contributed by atoms with Crippen LogP contribution in [0.3, 0.4) is 0 Å². The third kappa shape index (κ3) is 1.82. The van der Waals surface area contributed by atoms with Gasteiger partial charge in [-0.15, -0.1) is 12.6 Å². The molecule has 0 nitrogen and oxygen atoms in total. The van der Waals surface area contributed by atoms with Crippen molar-refractivity contribution in [3.63, 3.8) is 0 Å². The van der Waals surface area contributed by atoms with Crippen molar-refractivity contribution >= 4 is 28.6 Å². The largest absolute Gasteiger partial charge is 0.148 e. The number of thiol groups is 1. The second-order valence-electron chi connectivity index (χ2n) is 2.07. The lowest BCUT2D eigenvalue weighted by molar-refractivity contribution is 0.753. The van der Waals surface area contributed by atoms with E-state index < -0.39 is 0 Å². The first-order chi connectivity index (χ1) is 3.79. The van der Waals surface area contributed by atoms with Crippen LogP contribution in [0.1, 0.15) is 19.3 Å². The van der Waals surface area contributed by atoms with Crippen molar-refractivity contribution in [2.75, 3.05) is 0 Å². The Morgan fingerprint density at radius 1 is 1.75 bits per heavy atom. The molecule has 0 fully saturated rings. The molecule has 1 unspecified atom stereocenters. The van der Waals surface area contributed by atoms with Gasteiger partial charge in [0.15, 0.2) is 0 Å². The molecule has 0 N–H and O–H groups in total. The highest BCUT2D eigenvalue weighted by Crippen LogP contribution is 2.24. The zero-order valence-corrected chi connectivity index (χ0v) is 7.08. The monoisotopic (exact) mass is 192 g/mol. The van der Waals surface area contributed by atoms with Crippen molar-refractivity contribution in [1.82, 2.24) is 0 Å². The van der Waals surface area contributed by atoms with Crippen molar-refractivity contribution in [1.29, 1.82) is 0 Å². The van der Waals surface area contributed by atoms with E-state index in [1.807, 2.05) is 0 Å². The van der Waals surface area contributed by atoms with Crippen molar-refractivity contribution in [2.45, 2.75) is 24.1 Å². The molecular formula is C6H9BrS. The van der Waals surface area contributed by atoms with E-state index in [1.54, 1.807) is 0 Å². The number of hydrogen-bond donors (Lipinski definition) is 1. The topological polar surface area (TPSA) is 0 Å². The molecule has 0 aliphatic heterocycles. The van der Waals surface area contributed by atoms with Gasteiger partial charge in [-0.1, -0.05) is 22.0 Å². The molecule has 2 heteroatoms. The molecule has 1 aliphatic rings. The fourth-order valence-corrected chi connectivity index (χ4v) is 1.44. The van der Waals surface area contributed by atoms with Gasteiger partial charge in [-0.2, -0.15) is 0 Å². The number of alkyl halides is 1. The quantitative estimate of drug-likeness (QED) is 0.443. The lowest BCUT2D eigenvalue weighted by atomic mass is 10.1. The normalized spacial score (nSPS) is 29.8. The molecule has 0 aromatic rings. The zero-order valence-electron chi connectivity index (χ0n) is 4.60. The molecule has 8 heavy (non-hydrogen) atoms. The van der Waals surface area contributed by atoms with Gasteiger partial charge in [-0.25, -0.2) is 0 Å². The van der Waals surface area contributed by atoms with E-state index in [-0.39, 0.29) is 0 Å². The van der Waals surface area contributed by atoms with Crippen LogP contribution in [0.2, 0.25) is 0 Å². The van der Waals surface area contributed by atoms with E-state index >= 15 is 0 Å². The van der Waals surface area contributed by atoms with E-state index in [2.05, 4.69) is 34.6 Å². The summed E-state index contributed by atoms with van der Waals surface area (Å²) in [5.41, 5.74) is 0. The highest BCUT2D eigenvalue weighted by Gasteiger charge is 2.07. The average Bonchev–Trinajstić information content (AvgIpc) is 1.77. The molecule has 0 saturated heterocycles. The third-order valence-electron chi connectivity index (χ3n) is 1.32. The standard InChI is InChI=1S/C6H9BrS/c7-5-1-3-6(8)4-2-5/h3,5,8H,1-2,4H2. The molecule has 1 atom stereocenters.